The monoisotopic (exact) mass is 418 g/mol. The van der Waals surface area contributed by atoms with Crippen molar-refractivity contribution in [2.45, 2.75) is 17.8 Å². The van der Waals surface area contributed by atoms with Crippen LogP contribution in [0.3, 0.4) is 0 Å². The van der Waals surface area contributed by atoms with Crippen LogP contribution >= 0.6 is 11.8 Å². The van der Waals surface area contributed by atoms with Gasteiger partial charge in [-0.2, -0.15) is 13.2 Å². The number of carbonyl (C=O) groups is 2. The molecule has 2 amide bonds. The van der Waals surface area contributed by atoms with Gasteiger partial charge in [-0.1, -0.05) is 30.0 Å². The lowest BCUT2D eigenvalue weighted by Gasteiger charge is -2.14. The molecule has 148 valence electrons. The number of nitrogens with zero attached hydrogens (tertiary/aromatic N) is 1. The largest absolute Gasteiger partial charge is 0.457 e. The second-order valence-corrected chi connectivity index (χ2v) is 7.52. The highest BCUT2D eigenvalue weighted by atomic mass is 32.2. The van der Waals surface area contributed by atoms with Gasteiger partial charge in [0.15, 0.2) is 0 Å². The van der Waals surface area contributed by atoms with Gasteiger partial charge in [-0.25, -0.2) is 0 Å². The number of rotatable bonds is 4. The second-order valence-electron chi connectivity index (χ2n) is 6.34. The molecule has 3 aromatic rings. The minimum atomic E-state index is -4.50. The highest BCUT2D eigenvalue weighted by molar-refractivity contribution is 8.15. The van der Waals surface area contributed by atoms with Gasteiger partial charge in [-0.15, -0.1) is 0 Å². The third kappa shape index (κ3) is 4.19. The van der Waals surface area contributed by atoms with Crippen LogP contribution < -0.4 is 10.1 Å². The lowest BCUT2D eigenvalue weighted by Crippen LogP contribution is -2.25. The first kappa shape index (κ1) is 19.3. The van der Waals surface area contributed by atoms with E-state index >= 15 is 0 Å². The van der Waals surface area contributed by atoms with E-state index in [1.54, 1.807) is 30.3 Å². The van der Waals surface area contributed by atoms with Crippen LogP contribution in [0.5, 0.6) is 11.5 Å². The van der Waals surface area contributed by atoms with E-state index in [2.05, 4.69) is 10.3 Å². The molecule has 1 unspecified atom stereocenters. The number of thioether (sulfide) groups is 1. The first-order chi connectivity index (χ1) is 13.8. The molecular formula is C20H13F3N2O3S. The Morgan fingerprint density at radius 3 is 2.48 bits per heavy atom. The van der Waals surface area contributed by atoms with Crippen molar-refractivity contribution >= 4 is 33.8 Å². The maximum absolute atomic E-state index is 13.2. The van der Waals surface area contributed by atoms with E-state index in [-0.39, 0.29) is 17.6 Å². The number of aromatic nitrogens is 1. The first-order valence-electron chi connectivity index (χ1n) is 8.55. The van der Waals surface area contributed by atoms with Crippen LogP contribution in [0.1, 0.15) is 11.3 Å². The summed E-state index contributed by atoms with van der Waals surface area (Å²) in [5, 5.41) is 1.32. The van der Waals surface area contributed by atoms with Crippen molar-refractivity contribution in [3.05, 3.63) is 65.9 Å². The third-order valence-electron chi connectivity index (χ3n) is 4.28. The summed E-state index contributed by atoms with van der Waals surface area (Å²) in [6.45, 7) is 0. The highest BCUT2D eigenvalue weighted by Crippen LogP contribution is 2.36. The van der Waals surface area contributed by atoms with E-state index in [1.165, 1.54) is 12.1 Å². The Morgan fingerprint density at radius 1 is 1.07 bits per heavy atom. The Morgan fingerprint density at radius 2 is 1.83 bits per heavy atom. The number of pyridine rings is 1. The molecule has 1 aliphatic heterocycles. The number of imide groups is 1. The van der Waals surface area contributed by atoms with Crippen LogP contribution in [-0.4, -0.2) is 21.4 Å². The van der Waals surface area contributed by atoms with Crippen molar-refractivity contribution in [1.82, 2.24) is 10.3 Å². The molecule has 1 saturated heterocycles. The molecule has 0 bridgehead atoms. The van der Waals surface area contributed by atoms with Gasteiger partial charge in [0.2, 0.25) is 5.91 Å². The number of carbonyl (C=O) groups excluding carboxylic acids is 2. The molecule has 9 heteroatoms. The summed E-state index contributed by atoms with van der Waals surface area (Å²) < 4.78 is 45.3. The van der Waals surface area contributed by atoms with Crippen molar-refractivity contribution in [1.29, 1.82) is 0 Å². The molecule has 5 nitrogen and oxygen atoms in total. The van der Waals surface area contributed by atoms with Crippen LogP contribution in [0.4, 0.5) is 18.0 Å². The summed E-state index contributed by atoms with van der Waals surface area (Å²) in [5.74, 6) is 0.225. The standard InChI is InChI=1S/C20H13F3N2O3S/c21-20(22,23)11-6-7-15-14(8-11)16(28-13-4-2-1-3-5-13)9-12(24-15)10-17-18(26)25-19(27)29-17/h1-9,17H,10H2,(H,25,26,27). The van der Waals surface area contributed by atoms with Gasteiger partial charge in [0.25, 0.3) is 5.24 Å². The second kappa shape index (κ2) is 7.40. The SMILES string of the molecule is O=C1NC(=O)C(Cc2cc(Oc3ccccc3)c3cc(C(F)(F)F)ccc3n2)S1. The van der Waals surface area contributed by atoms with Crippen LogP contribution in [0.2, 0.25) is 0 Å². The molecule has 1 aliphatic rings. The minimum Gasteiger partial charge on any atom is -0.457 e. The predicted octanol–water partition coefficient (Wildman–Crippen LogP) is 4.94. The summed E-state index contributed by atoms with van der Waals surface area (Å²) in [7, 11) is 0. The average Bonchev–Trinajstić information content (AvgIpc) is 2.98. The fourth-order valence-electron chi connectivity index (χ4n) is 2.95. The van der Waals surface area contributed by atoms with E-state index in [1.807, 2.05) is 0 Å². The summed E-state index contributed by atoms with van der Waals surface area (Å²) in [6, 6.07) is 13.3. The number of benzene rings is 2. The fraction of sp³-hybridized carbons (Fsp3) is 0.150. The molecule has 0 saturated carbocycles. The lowest BCUT2D eigenvalue weighted by molar-refractivity contribution is -0.137. The van der Waals surface area contributed by atoms with Crippen molar-refractivity contribution in [2.24, 2.45) is 0 Å². The third-order valence-corrected chi connectivity index (χ3v) is 5.27. The smallest absolute Gasteiger partial charge is 0.416 e. The zero-order valence-electron chi connectivity index (χ0n) is 14.7. The number of ether oxygens (including phenoxy) is 1. The molecule has 1 N–H and O–H groups in total. The summed E-state index contributed by atoms with van der Waals surface area (Å²) in [5.41, 5.74) is -0.0736. The molecule has 29 heavy (non-hydrogen) atoms. The van der Waals surface area contributed by atoms with Crippen LogP contribution in [0, 0.1) is 0 Å². The lowest BCUT2D eigenvalue weighted by atomic mass is 10.1. The maximum atomic E-state index is 13.2. The number of hydrogen-bond acceptors (Lipinski definition) is 5. The van der Waals surface area contributed by atoms with Crippen molar-refractivity contribution < 1.29 is 27.5 Å². The van der Waals surface area contributed by atoms with E-state index in [4.69, 9.17) is 4.74 Å². The van der Waals surface area contributed by atoms with Crippen LogP contribution in [0.25, 0.3) is 10.9 Å². The molecular weight excluding hydrogens is 405 g/mol. The zero-order chi connectivity index (χ0) is 20.6. The van der Waals surface area contributed by atoms with Crippen molar-refractivity contribution in [3.63, 3.8) is 0 Å². The highest BCUT2D eigenvalue weighted by Gasteiger charge is 2.33. The fourth-order valence-corrected chi connectivity index (χ4v) is 3.78. The van der Waals surface area contributed by atoms with E-state index in [0.29, 0.717) is 17.0 Å². The Hall–Kier alpha value is -3.07. The molecule has 0 radical (unpaired) electrons. The maximum Gasteiger partial charge on any atom is 0.416 e. The van der Waals surface area contributed by atoms with Crippen molar-refractivity contribution in [2.75, 3.05) is 0 Å². The minimum absolute atomic E-state index is 0.143. The quantitative estimate of drug-likeness (QED) is 0.650. The topological polar surface area (TPSA) is 68.3 Å². The number of nitrogens with one attached hydrogen (secondary N) is 1. The average molecular weight is 418 g/mol. The van der Waals surface area contributed by atoms with Crippen LogP contribution in [-0.2, 0) is 17.4 Å². The van der Waals surface area contributed by atoms with Crippen molar-refractivity contribution in [3.8, 4) is 11.5 Å². The predicted molar refractivity (Wildman–Crippen MR) is 102 cm³/mol. The molecule has 2 heterocycles. The Labute approximate surface area is 167 Å². The van der Waals surface area contributed by atoms with Gasteiger partial charge in [-0.05, 0) is 30.3 Å². The Bertz CT molecular complexity index is 1100. The molecule has 0 aliphatic carbocycles. The molecule has 4 rings (SSSR count). The Balaban J connectivity index is 1.78. The first-order valence-corrected chi connectivity index (χ1v) is 9.43. The Kier molecular flexibility index (Phi) is 4.91. The van der Waals surface area contributed by atoms with Gasteiger partial charge in [0.1, 0.15) is 11.5 Å². The summed E-state index contributed by atoms with van der Waals surface area (Å²) >= 11 is 0.860. The number of para-hydroxylation sites is 1. The van der Waals surface area contributed by atoms with Gasteiger partial charge in [0.05, 0.1) is 16.3 Å². The summed E-state index contributed by atoms with van der Waals surface area (Å²) in [6.07, 6.45) is -4.36. The molecule has 1 aromatic heterocycles. The molecule has 2 aromatic carbocycles. The number of fused-ring (bicyclic) bond motifs is 1. The van der Waals surface area contributed by atoms with Gasteiger partial charge >= 0.3 is 6.18 Å². The number of amides is 2. The van der Waals surface area contributed by atoms with Gasteiger partial charge in [-0.3, -0.25) is 19.9 Å². The van der Waals surface area contributed by atoms with Gasteiger partial charge < -0.3 is 4.74 Å². The number of alkyl halides is 3. The molecule has 0 spiro atoms. The summed E-state index contributed by atoms with van der Waals surface area (Å²) in [4.78, 5) is 27.6. The van der Waals surface area contributed by atoms with E-state index < -0.39 is 28.1 Å². The number of halogens is 3. The molecule has 1 fully saturated rings. The zero-order valence-corrected chi connectivity index (χ0v) is 15.5. The van der Waals surface area contributed by atoms with Crippen LogP contribution in [0.15, 0.2) is 54.6 Å². The molecule has 1 atom stereocenters. The van der Waals surface area contributed by atoms with E-state index in [9.17, 15) is 22.8 Å². The van der Waals surface area contributed by atoms with E-state index in [0.717, 1.165) is 23.9 Å². The number of hydrogen-bond donors (Lipinski definition) is 1. The van der Waals surface area contributed by atoms with Gasteiger partial charge in [0, 0.05) is 23.6 Å². The normalized spacial score (nSPS) is 16.9.